The number of hydrogen-bond acceptors (Lipinski definition) is 6. The zero-order chi connectivity index (χ0) is 22.5. The normalized spacial score (nSPS) is 13.4. The van der Waals surface area contributed by atoms with Crippen LogP contribution in [0.25, 0.3) is 6.08 Å². The first-order valence-corrected chi connectivity index (χ1v) is 9.75. The molecule has 0 spiro atoms. The highest BCUT2D eigenvalue weighted by atomic mass is 35.5. The molecule has 3 rings (SSSR count). The molecule has 0 bridgehead atoms. The zero-order valence-corrected chi connectivity index (χ0v) is 18.0. The second-order valence-corrected chi connectivity index (χ2v) is 7.20. The second kappa shape index (κ2) is 9.53. The number of imide groups is 2. The van der Waals surface area contributed by atoms with Gasteiger partial charge in [0.1, 0.15) is 24.5 Å². The van der Waals surface area contributed by atoms with Gasteiger partial charge in [0.15, 0.2) is 11.5 Å². The van der Waals surface area contributed by atoms with E-state index in [4.69, 9.17) is 25.8 Å². The molecule has 0 aliphatic carbocycles. The number of amides is 4. The molecule has 0 saturated carbocycles. The lowest BCUT2D eigenvalue weighted by Gasteiger charge is -2.16. The summed E-state index contributed by atoms with van der Waals surface area (Å²) in [5, 5.41) is 4.25. The lowest BCUT2D eigenvalue weighted by Crippen LogP contribution is -2.51. The van der Waals surface area contributed by atoms with E-state index in [2.05, 4.69) is 0 Å². The molecule has 1 aliphatic heterocycles. The van der Waals surface area contributed by atoms with Crippen LogP contribution in [0.1, 0.15) is 16.7 Å². The SMILES string of the molecule is COc1cc(C=C2C(=O)NC(=O)NC2=O)cc(Cl)c1OCCOc1cc(C)ccc1C. The van der Waals surface area contributed by atoms with Gasteiger partial charge < -0.3 is 14.2 Å². The lowest BCUT2D eigenvalue weighted by atomic mass is 10.1. The van der Waals surface area contributed by atoms with E-state index in [1.807, 2.05) is 42.7 Å². The number of rotatable bonds is 7. The highest BCUT2D eigenvalue weighted by Crippen LogP contribution is 2.37. The smallest absolute Gasteiger partial charge is 0.328 e. The number of barbiturate groups is 1. The Labute approximate surface area is 184 Å². The van der Waals surface area contributed by atoms with Crippen LogP contribution in [0.15, 0.2) is 35.9 Å². The summed E-state index contributed by atoms with van der Waals surface area (Å²) >= 11 is 6.34. The van der Waals surface area contributed by atoms with Crippen molar-refractivity contribution < 1.29 is 28.6 Å². The van der Waals surface area contributed by atoms with Crippen LogP contribution in [0.5, 0.6) is 17.2 Å². The first-order valence-electron chi connectivity index (χ1n) is 9.37. The topological polar surface area (TPSA) is 103 Å². The number of methoxy groups -OCH3 is 1. The Bertz CT molecular complexity index is 1060. The van der Waals surface area contributed by atoms with Crippen LogP contribution in [0, 0.1) is 13.8 Å². The quantitative estimate of drug-likeness (QED) is 0.386. The molecule has 162 valence electrons. The molecule has 9 heteroatoms. The Morgan fingerprint density at radius 1 is 0.935 bits per heavy atom. The summed E-state index contributed by atoms with van der Waals surface area (Å²) in [6.07, 6.45) is 1.30. The third kappa shape index (κ3) is 5.35. The summed E-state index contributed by atoms with van der Waals surface area (Å²) in [6.45, 7) is 4.47. The Kier molecular flexibility index (Phi) is 6.81. The molecule has 31 heavy (non-hydrogen) atoms. The molecule has 0 atom stereocenters. The maximum absolute atomic E-state index is 11.9. The first-order chi connectivity index (χ1) is 14.8. The molecule has 0 aromatic heterocycles. The van der Waals surface area contributed by atoms with Crippen molar-refractivity contribution in [1.29, 1.82) is 0 Å². The number of nitrogens with one attached hydrogen (secondary N) is 2. The lowest BCUT2D eigenvalue weighted by molar-refractivity contribution is -0.123. The van der Waals surface area contributed by atoms with Gasteiger partial charge in [-0.25, -0.2) is 4.79 Å². The summed E-state index contributed by atoms with van der Waals surface area (Å²) in [7, 11) is 1.45. The summed E-state index contributed by atoms with van der Waals surface area (Å²) in [5.74, 6) is -0.186. The van der Waals surface area contributed by atoms with Gasteiger partial charge in [0, 0.05) is 0 Å². The van der Waals surface area contributed by atoms with Crippen molar-refractivity contribution in [3.8, 4) is 17.2 Å². The van der Waals surface area contributed by atoms with Crippen LogP contribution < -0.4 is 24.8 Å². The van der Waals surface area contributed by atoms with Crippen LogP contribution in [-0.2, 0) is 9.59 Å². The fourth-order valence-corrected chi connectivity index (χ4v) is 3.17. The van der Waals surface area contributed by atoms with Gasteiger partial charge >= 0.3 is 6.03 Å². The van der Waals surface area contributed by atoms with E-state index < -0.39 is 17.8 Å². The van der Waals surface area contributed by atoms with Gasteiger partial charge in [-0.1, -0.05) is 23.7 Å². The largest absolute Gasteiger partial charge is 0.493 e. The Morgan fingerprint density at radius 3 is 2.29 bits per heavy atom. The molecule has 1 aliphatic rings. The highest BCUT2D eigenvalue weighted by Gasteiger charge is 2.28. The number of ether oxygens (including phenoxy) is 3. The van der Waals surface area contributed by atoms with E-state index in [1.165, 1.54) is 19.3 Å². The summed E-state index contributed by atoms with van der Waals surface area (Å²) in [6, 6.07) is 8.18. The van der Waals surface area contributed by atoms with E-state index >= 15 is 0 Å². The minimum Gasteiger partial charge on any atom is -0.493 e. The predicted octanol–water partition coefficient (Wildman–Crippen LogP) is 3.17. The van der Waals surface area contributed by atoms with Crippen molar-refractivity contribution in [3.05, 3.63) is 57.6 Å². The van der Waals surface area contributed by atoms with Gasteiger partial charge in [-0.05, 0) is 54.8 Å². The summed E-state index contributed by atoms with van der Waals surface area (Å²) in [4.78, 5) is 35.0. The number of halogens is 1. The van der Waals surface area contributed by atoms with Gasteiger partial charge in [0.05, 0.1) is 12.1 Å². The minimum absolute atomic E-state index is 0.219. The van der Waals surface area contributed by atoms with E-state index in [-0.39, 0.29) is 17.2 Å². The maximum atomic E-state index is 11.9. The summed E-state index contributed by atoms with van der Waals surface area (Å²) in [5.41, 5.74) is 2.32. The molecule has 1 saturated heterocycles. The molecule has 1 fully saturated rings. The van der Waals surface area contributed by atoms with Crippen molar-refractivity contribution in [3.63, 3.8) is 0 Å². The Hall–Kier alpha value is -3.52. The fraction of sp³-hybridized carbons (Fsp3) is 0.227. The minimum atomic E-state index is -0.866. The van der Waals surface area contributed by atoms with Gasteiger partial charge in [-0.2, -0.15) is 0 Å². The first kappa shape index (κ1) is 22.2. The number of urea groups is 1. The van der Waals surface area contributed by atoms with E-state index in [1.54, 1.807) is 6.07 Å². The van der Waals surface area contributed by atoms with E-state index in [0.29, 0.717) is 23.7 Å². The van der Waals surface area contributed by atoms with Crippen LogP contribution in [0.3, 0.4) is 0 Å². The van der Waals surface area contributed by atoms with Crippen LogP contribution in [0.4, 0.5) is 4.79 Å². The predicted molar refractivity (Wildman–Crippen MR) is 115 cm³/mol. The molecular formula is C22H21ClN2O6. The monoisotopic (exact) mass is 444 g/mol. The average molecular weight is 445 g/mol. The highest BCUT2D eigenvalue weighted by molar-refractivity contribution is 6.33. The number of hydrogen-bond donors (Lipinski definition) is 2. The molecule has 2 N–H and O–H groups in total. The molecule has 4 amide bonds. The van der Waals surface area contributed by atoms with Gasteiger partial charge in [0.2, 0.25) is 0 Å². The third-order valence-electron chi connectivity index (χ3n) is 4.44. The molecule has 0 unspecified atom stereocenters. The molecule has 1 heterocycles. The third-order valence-corrected chi connectivity index (χ3v) is 4.72. The molecule has 0 radical (unpaired) electrons. The number of carbonyl (C=O) groups excluding carboxylic acids is 3. The van der Waals surface area contributed by atoms with Gasteiger partial charge in [-0.15, -0.1) is 0 Å². The van der Waals surface area contributed by atoms with Crippen molar-refractivity contribution in [2.45, 2.75) is 13.8 Å². The molecule has 2 aromatic rings. The molecule has 2 aromatic carbocycles. The van der Waals surface area contributed by atoms with Gasteiger partial charge in [-0.3, -0.25) is 20.2 Å². The second-order valence-electron chi connectivity index (χ2n) is 6.80. The number of benzene rings is 2. The van der Waals surface area contributed by atoms with Crippen molar-refractivity contribution in [2.24, 2.45) is 0 Å². The van der Waals surface area contributed by atoms with Crippen LogP contribution >= 0.6 is 11.6 Å². The average Bonchev–Trinajstić information content (AvgIpc) is 2.71. The van der Waals surface area contributed by atoms with Crippen molar-refractivity contribution in [2.75, 3.05) is 20.3 Å². The van der Waals surface area contributed by atoms with Crippen molar-refractivity contribution >= 4 is 35.5 Å². The maximum Gasteiger partial charge on any atom is 0.328 e. The zero-order valence-electron chi connectivity index (χ0n) is 17.2. The van der Waals surface area contributed by atoms with E-state index in [9.17, 15) is 14.4 Å². The fourth-order valence-electron chi connectivity index (χ4n) is 2.89. The van der Waals surface area contributed by atoms with Crippen LogP contribution in [0.2, 0.25) is 5.02 Å². The standard InChI is InChI=1S/C22H21ClN2O6/c1-12-4-5-13(2)17(8-12)30-6-7-31-19-16(23)10-14(11-18(19)29-3)9-15-20(26)24-22(28)25-21(15)27/h4-5,8-11H,6-7H2,1-3H3,(H2,24,25,26,27,28). The molecular weight excluding hydrogens is 424 g/mol. The van der Waals surface area contributed by atoms with E-state index in [0.717, 1.165) is 16.9 Å². The molecule has 8 nitrogen and oxygen atoms in total. The van der Waals surface area contributed by atoms with Gasteiger partial charge in [0.25, 0.3) is 11.8 Å². The number of carbonyl (C=O) groups is 3. The number of aryl methyl sites for hydroxylation is 2. The Morgan fingerprint density at radius 2 is 1.61 bits per heavy atom. The van der Waals surface area contributed by atoms with Crippen molar-refractivity contribution in [1.82, 2.24) is 10.6 Å². The summed E-state index contributed by atoms with van der Waals surface area (Å²) < 4.78 is 16.9. The Balaban J connectivity index is 1.71. The van der Waals surface area contributed by atoms with Crippen LogP contribution in [-0.4, -0.2) is 38.2 Å².